The number of ether oxygens (including phenoxy) is 1. The van der Waals surface area contributed by atoms with Crippen LogP contribution in [0, 0.1) is 5.82 Å². The zero-order valence-electron chi connectivity index (χ0n) is 7.79. The van der Waals surface area contributed by atoms with E-state index in [-0.39, 0.29) is 11.8 Å². The Morgan fingerprint density at radius 1 is 1.21 bits per heavy atom. The molecule has 0 spiro atoms. The molecule has 1 aromatic rings. The summed E-state index contributed by atoms with van der Waals surface area (Å²) in [6, 6.07) is 2.65. The molecule has 0 heterocycles. The summed E-state index contributed by atoms with van der Waals surface area (Å²) in [6.45, 7) is 0. The van der Waals surface area contributed by atoms with Gasteiger partial charge in [-0.2, -0.15) is 0 Å². The molecule has 0 unspecified atom stereocenters. The van der Waals surface area contributed by atoms with E-state index in [0.29, 0.717) is 11.4 Å². The Bertz CT molecular complexity index is 350. The van der Waals surface area contributed by atoms with Gasteiger partial charge in [0, 0.05) is 6.07 Å². The molecule has 4 heteroatoms. The second-order valence-corrected chi connectivity index (χ2v) is 3.58. The van der Waals surface area contributed by atoms with Crippen molar-refractivity contribution in [2.75, 3.05) is 11.5 Å². The summed E-state index contributed by atoms with van der Waals surface area (Å²) in [7, 11) is 0. The molecule has 3 nitrogen and oxygen atoms in total. The standard InChI is InChI=1S/C10H13FN2O/c11-7-4-10(9(13)5-8(7)12)14-6-2-1-3-6/h4-6H,1-3,12-13H2. The molecule has 4 N–H and O–H groups in total. The van der Waals surface area contributed by atoms with Gasteiger partial charge in [0.2, 0.25) is 0 Å². The Morgan fingerprint density at radius 2 is 1.93 bits per heavy atom. The van der Waals surface area contributed by atoms with Crippen molar-refractivity contribution in [3.05, 3.63) is 17.9 Å². The summed E-state index contributed by atoms with van der Waals surface area (Å²) in [5.74, 6) is -0.0741. The second-order valence-electron chi connectivity index (χ2n) is 3.58. The average Bonchev–Trinajstić information content (AvgIpc) is 2.06. The van der Waals surface area contributed by atoms with E-state index in [1.807, 2.05) is 0 Å². The van der Waals surface area contributed by atoms with Gasteiger partial charge in [-0.3, -0.25) is 0 Å². The first-order chi connectivity index (χ1) is 6.66. The van der Waals surface area contributed by atoms with Gasteiger partial charge in [-0.05, 0) is 25.3 Å². The topological polar surface area (TPSA) is 61.3 Å². The van der Waals surface area contributed by atoms with Crippen LogP contribution in [0.4, 0.5) is 15.8 Å². The van der Waals surface area contributed by atoms with E-state index in [1.54, 1.807) is 0 Å². The number of anilines is 2. The fraction of sp³-hybridized carbons (Fsp3) is 0.400. The molecule has 0 saturated heterocycles. The maximum atomic E-state index is 13.1. The summed E-state index contributed by atoms with van der Waals surface area (Å²) in [6.07, 6.45) is 3.40. The summed E-state index contributed by atoms with van der Waals surface area (Å²) in [5.41, 5.74) is 11.5. The first-order valence-corrected chi connectivity index (χ1v) is 4.68. The van der Waals surface area contributed by atoms with Crippen molar-refractivity contribution in [2.45, 2.75) is 25.4 Å². The van der Waals surface area contributed by atoms with Crippen LogP contribution < -0.4 is 16.2 Å². The van der Waals surface area contributed by atoms with Crippen molar-refractivity contribution in [3.63, 3.8) is 0 Å². The third kappa shape index (κ3) is 1.60. The van der Waals surface area contributed by atoms with E-state index in [0.717, 1.165) is 12.8 Å². The number of rotatable bonds is 2. The number of hydrogen-bond donors (Lipinski definition) is 2. The molecule has 1 saturated carbocycles. The van der Waals surface area contributed by atoms with Crippen molar-refractivity contribution in [3.8, 4) is 5.75 Å². The fourth-order valence-electron chi connectivity index (χ4n) is 1.36. The van der Waals surface area contributed by atoms with E-state index in [1.165, 1.54) is 18.6 Å². The number of hydrogen-bond acceptors (Lipinski definition) is 3. The first kappa shape index (κ1) is 9.12. The van der Waals surface area contributed by atoms with Gasteiger partial charge in [-0.25, -0.2) is 4.39 Å². The molecular weight excluding hydrogens is 183 g/mol. The zero-order valence-corrected chi connectivity index (χ0v) is 7.79. The summed E-state index contributed by atoms with van der Waals surface area (Å²) >= 11 is 0. The normalized spacial score (nSPS) is 16.4. The lowest BCUT2D eigenvalue weighted by atomic mass is 9.96. The van der Waals surface area contributed by atoms with Crippen LogP contribution >= 0.6 is 0 Å². The quantitative estimate of drug-likeness (QED) is 0.710. The molecule has 0 bridgehead atoms. The Labute approximate surface area is 81.8 Å². The minimum atomic E-state index is -0.478. The molecule has 1 aliphatic rings. The molecule has 76 valence electrons. The molecule has 0 atom stereocenters. The maximum Gasteiger partial charge on any atom is 0.149 e. The molecule has 0 aromatic heterocycles. The largest absolute Gasteiger partial charge is 0.488 e. The van der Waals surface area contributed by atoms with E-state index in [2.05, 4.69) is 0 Å². The Hall–Kier alpha value is -1.45. The monoisotopic (exact) mass is 196 g/mol. The van der Waals surface area contributed by atoms with Gasteiger partial charge in [0.15, 0.2) is 0 Å². The van der Waals surface area contributed by atoms with Crippen LogP contribution in [-0.4, -0.2) is 6.10 Å². The highest BCUT2D eigenvalue weighted by Gasteiger charge is 2.20. The summed E-state index contributed by atoms with van der Waals surface area (Å²) < 4.78 is 18.6. The highest BCUT2D eigenvalue weighted by molar-refractivity contribution is 5.61. The minimum absolute atomic E-state index is 0.0588. The van der Waals surface area contributed by atoms with Crippen LogP contribution in [0.1, 0.15) is 19.3 Å². The fourth-order valence-corrected chi connectivity index (χ4v) is 1.36. The molecule has 1 aliphatic carbocycles. The van der Waals surface area contributed by atoms with E-state index in [4.69, 9.17) is 16.2 Å². The van der Waals surface area contributed by atoms with Crippen LogP contribution in [0.15, 0.2) is 12.1 Å². The van der Waals surface area contributed by atoms with Gasteiger partial charge < -0.3 is 16.2 Å². The van der Waals surface area contributed by atoms with Gasteiger partial charge in [0.25, 0.3) is 0 Å². The molecule has 0 radical (unpaired) electrons. The molecule has 1 fully saturated rings. The van der Waals surface area contributed by atoms with Crippen molar-refractivity contribution in [2.24, 2.45) is 0 Å². The maximum absolute atomic E-state index is 13.1. The molecule has 0 amide bonds. The Kier molecular flexibility index (Phi) is 2.19. The minimum Gasteiger partial charge on any atom is -0.488 e. The van der Waals surface area contributed by atoms with Crippen LogP contribution in [-0.2, 0) is 0 Å². The smallest absolute Gasteiger partial charge is 0.149 e. The molecular formula is C10H13FN2O. The SMILES string of the molecule is Nc1cc(N)c(OC2CCC2)cc1F. The lowest BCUT2D eigenvalue weighted by molar-refractivity contribution is 0.121. The predicted molar refractivity (Wildman–Crippen MR) is 53.5 cm³/mol. The lowest BCUT2D eigenvalue weighted by Crippen LogP contribution is -2.25. The zero-order chi connectivity index (χ0) is 10.1. The molecule has 14 heavy (non-hydrogen) atoms. The van der Waals surface area contributed by atoms with E-state index in [9.17, 15) is 4.39 Å². The highest BCUT2D eigenvalue weighted by atomic mass is 19.1. The van der Waals surface area contributed by atoms with E-state index >= 15 is 0 Å². The van der Waals surface area contributed by atoms with Crippen LogP contribution in [0.5, 0.6) is 5.75 Å². The van der Waals surface area contributed by atoms with Crippen LogP contribution in [0.25, 0.3) is 0 Å². The molecule has 0 aliphatic heterocycles. The number of halogens is 1. The van der Waals surface area contributed by atoms with Crippen molar-refractivity contribution in [1.82, 2.24) is 0 Å². The highest BCUT2D eigenvalue weighted by Crippen LogP contribution is 2.31. The first-order valence-electron chi connectivity index (χ1n) is 4.68. The van der Waals surface area contributed by atoms with Gasteiger partial charge in [0.05, 0.1) is 17.5 Å². The average molecular weight is 196 g/mol. The molecule has 1 aromatic carbocycles. The van der Waals surface area contributed by atoms with Gasteiger partial charge in [-0.15, -0.1) is 0 Å². The molecule has 2 rings (SSSR count). The van der Waals surface area contributed by atoms with Gasteiger partial charge in [-0.1, -0.05) is 0 Å². The number of benzene rings is 1. The van der Waals surface area contributed by atoms with Crippen LogP contribution in [0.3, 0.4) is 0 Å². The third-order valence-electron chi connectivity index (χ3n) is 2.47. The van der Waals surface area contributed by atoms with Gasteiger partial charge >= 0.3 is 0 Å². The van der Waals surface area contributed by atoms with Crippen molar-refractivity contribution in [1.29, 1.82) is 0 Å². The summed E-state index contributed by atoms with van der Waals surface area (Å²) in [4.78, 5) is 0. The second kappa shape index (κ2) is 3.36. The van der Waals surface area contributed by atoms with Crippen LogP contribution in [0.2, 0.25) is 0 Å². The predicted octanol–water partition coefficient (Wildman–Crippen LogP) is 1.92. The van der Waals surface area contributed by atoms with Crippen molar-refractivity contribution >= 4 is 11.4 Å². The van der Waals surface area contributed by atoms with E-state index < -0.39 is 5.82 Å². The Balaban J connectivity index is 2.19. The third-order valence-corrected chi connectivity index (χ3v) is 2.47. The van der Waals surface area contributed by atoms with Gasteiger partial charge in [0.1, 0.15) is 11.6 Å². The number of nitrogens with two attached hydrogens (primary N) is 2. The Morgan fingerprint density at radius 3 is 2.50 bits per heavy atom. The summed E-state index contributed by atoms with van der Waals surface area (Å²) in [5, 5.41) is 0. The number of nitrogen functional groups attached to an aromatic ring is 2. The lowest BCUT2D eigenvalue weighted by Gasteiger charge is -2.27. The van der Waals surface area contributed by atoms with Crippen molar-refractivity contribution < 1.29 is 9.13 Å².